The SMILES string of the molecule is Cc1nc2ccccc2nc1CN1CCC[C@@](O)(CN2CCCC2)C1. The third-order valence-corrected chi connectivity index (χ3v) is 5.57. The molecule has 2 aromatic rings. The Morgan fingerprint density at radius 2 is 1.68 bits per heavy atom. The highest BCUT2D eigenvalue weighted by Gasteiger charge is 2.35. The molecular formula is C20H28N4O. The van der Waals surface area contributed by atoms with Crippen molar-refractivity contribution in [1.82, 2.24) is 19.8 Å². The summed E-state index contributed by atoms with van der Waals surface area (Å²) in [7, 11) is 0. The number of aliphatic hydroxyl groups is 1. The lowest BCUT2D eigenvalue weighted by Crippen LogP contribution is -2.53. The predicted molar refractivity (Wildman–Crippen MR) is 99.4 cm³/mol. The van der Waals surface area contributed by atoms with Gasteiger partial charge in [-0.25, -0.2) is 9.97 Å². The van der Waals surface area contributed by atoms with Crippen LogP contribution in [0.15, 0.2) is 24.3 Å². The fourth-order valence-corrected chi connectivity index (χ4v) is 4.31. The molecule has 1 aromatic carbocycles. The summed E-state index contributed by atoms with van der Waals surface area (Å²) in [5, 5.41) is 11.1. The van der Waals surface area contributed by atoms with Crippen molar-refractivity contribution in [2.24, 2.45) is 0 Å². The van der Waals surface area contributed by atoms with Gasteiger partial charge in [-0.15, -0.1) is 0 Å². The molecule has 0 amide bonds. The molecule has 0 saturated carbocycles. The van der Waals surface area contributed by atoms with Crippen LogP contribution in [0.2, 0.25) is 0 Å². The molecule has 134 valence electrons. The second kappa shape index (κ2) is 6.98. The van der Waals surface area contributed by atoms with Gasteiger partial charge in [0.05, 0.1) is 28.0 Å². The molecule has 5 nitrogen and oxygen atoms in total. The Morgan fingerprint density at radius 3 is 2.44 bits per heavy atom. The highest BCUT2D eigenvalue weighted by molar-refractivity contribution is 5.74. The predicted octanol–water partition coefficient (Wildman–Crippen LogP) is 2.36. The topological polar surface area (TPSA) is 52.5 Å². The van der Waals surface area contributed by atoms with Crippen molar-refractivity contribution in [1.29, 1.82) is 0 Å². The van der Waals surface area contributed by atoms with Crippen LogP contribution < -0.4 is 0 Å². The Bertz CT molecular complexity index is 744. The van der Waals surface area contributed by atoms with Crippen LogP contribution in [0.25, 0.3) is 11.0 Å². The van der Waals surface area contributed by atoms with Crippen LogP contribution in [-0.2, 0) is 6.54 Å². The number of fused-ring (bicyclic) bond motifs is 1. The monoisotopic (exact) mass is 340 g/mol. The molecule has 2 saturated heterocycles. The molecular weight excluding hydrogens is 312 g/mol. The first-order valence-electron chi connectivity index (χ1n) is 9.51. The first-order valence-corrected chi connectivity index (χ1v) is 9.51. The maximum Gasteiger partial charge on any atom is 0.0900 e. The third-order valence-electron chi connectivity index (χ3n) is 5.57. The molecule has 1 aromatic heterocycles. The fourth-order valence-electron chi connectivity index (χ4n) is 4.31. The molecule has 25 heavy (non-hydrogen) atoms. The van der Waals surface area contributed by atoms with Crippen molar-refractivity contribution in [3.8, 4) is 0 Å². The largest absolute Gasteiger partial charge is 0.387 e. The summed E-state index contributed by atoms with van der Waals surface area (Å²) in [5.41, 5.74) is 3.35. The Balaban J connectivity index is 1.47. The second-order valence-electron chi connectivity index (χ2n) is 7.77. The lowest BCUT2D eigenvalue weighted by Gasteiger charge is -2.41. The molecule has 4 rings (SSSR count). The number of rotatable bonds is 4. The van der Waals surface area contributed by atoms with E-state index in [0.717, 1.165) is 74.5 Å². The number of likely N-dealkylation sites (tertiary alicyclic amines) is 2. The van der Waals surface area contributed by atoms with Gasteiger partial charge < -0.3 is 10.0 Å². The van der Waals surface area contributed by atoms with Gasteiger partial charge in [-0.05, 0) is 64.4 Å². The molecule has 0 unspecified atom stereocenters. The Labute approximate surface area is 149 Å². The van der Waals surface area contributed by atoms with Crippen LogP contribution in [-0.4, -0.2) is 63.2 Å². The van der Waals surface area contributed by atoms with Crippen LogP contribution in [0.4, 0.5) is 0 Å². The zero-order valence-electron chi connectivity index (χ0n) is 15.1. The summed E-state index contributed by atoms with van der Waals surface area (Å²) in [6, 6.07) is 8.03. The Morgan fingerprint density at radius 1 is 1.00 bits per heavy atom. The van der Waals surface area contributed by atoms with Crippen molar-refractivity contribution in [3.63, 3.8) is 0 Å². The standard InChI is InChI=1S/C20H28N4O/c1-16-19(22-18-8-3-2-7-17(18)21-16)13-24-12-6-9-20(25,15-24)14-23-10-4-5-11-23/h2-3,7-8,25H,4-6,9-15H2,1H3/t20-/m1/s1. The van der Waals surface area contributed by atoms with E-state index in [1.165, 1.54) is 12.8 Å². The van der Waals surface area contributed by atoms with E-state index in [1.54, 1.807) is 0 Å². The smallest absolute Gasteiger partial charge is 0.0900 e. The quantitative estimate of drug-likeness (QED) is 0.926. The molecule has 0 bridgehead atoms. The van der Waals surface area contributed by atoms with Crippen molar-refractivity contribution in [2.75, 3.05) is 32.7 Å². The number of hydrogen-bond acceptors (Lipinski definition) is 5. The number of benzene rings is 1. The van der Waals surface area contributed by atoms with Gasteiger partial charge in [0.25, 0.3) is 0 Å². The third kappa shape index (κ3) is 3.84. The number of aryl methyl sites for hydroxylation is 1. The number of nitrogens with zero attached hydrogens (tertiary/aromatic N) is 4. The Hall–Kier alpha value is -1.56. The molecule has 3 heterocycles. The highest BCUT2D eigenvalue weighted by Crippen LogP contribution is 2.25. The number of hydrogen-bond donors (Lipinski definition) is 1. The van der Waals surface area contributed by atoms with Gasteiger partial charge in [-0.1, -0.05) is 12.1 Å². The summed E-state index contributed by atoms with van der Waals surface area (Å²) < 4.78 is 0. The van der Waals surface area contributed by atoms with Crippen LogP contribution in [0.5, 0.6) is 0 Å². The second-order valence-corrected chi connectivity index (χ2v) is 7.77. The highest BCUT2D eigenvalue weighted by atomic mass is 16.3. The van der Waals surface area contributed by atoms with E-state index in [-0.39, 0.29) is 0 Å². The summed E-state index contributed by atoms with van der Waals surface area (Å²) in [6.45, 7) is 7.65. The number of piperidine rings is 1. The van der Waals surface area contributed by atoms with Gasteiger partial charge in [0, 0.05) is 19.6 Å². The van der Waals surface area contributed by atoms with Crippen molar-refractivity contribution < 1.29 is 5.11 Å². The van der Waals surface area contributed by atoms with Crippen LogP contribution in [0, 0.1) is 6.92 Å². The zero-order chi connectivity index (χ0) is 17.3. The summed E-state index contributed by atoms with van der Waals surface area (Å²) in [4.78, 5) is 14.3. The number of β-amino-alcohol motifs (C(OH)–C–C–N with tert-alkyl or cyclic N) is 1. The van der Waals surface area contributed by atoms with Crippen molar-refractivity contribution in [2.45, 2.75) is 44.8 Å². The molecule has 2 aliphatic rings. The first-order chi connectivity index (χ1) is 12.1. The van der Waals surface area contributed by atoms with Crippen LogP contribution in [0.3, 0.4) is 0 Å². The minimum Gasteiger partial charge on any atom is -0.387 e. The van der Waals surface area contributed by atoms with Crippen molar-refractivity contribution >= 4 is 11.0 Å². The lowest BCUT2D eigenvalue weighted by atomic mass is 9.92. The average molecular weight is 340 g/mol. The molecule has 1 atom stereocenters. The van der Waals surface area contributed by atoms with Crippen molar-refractivity contribution in [3.05, 3.63) is 35.7 Å². The van der Waals surface area contributed by atoms with Gasteiger partial charge in [-0.3, -0.25) is 4.90 Å². The van der Waals surface area contributed by atoms with Gasteiger partial charge >= 0.3 is 0 Å². The molecule has 2 fully saturated rings. The van der Waals surface area contributed by atoms with Gasteiger partial charge in [-0.2, -0.15) is 0 Å². The summed E-state index contributed by atoms with van der Waals surface area (Å²) in [5.74, 6) is 0. The molecule has 1 N–H and O–H groups in total. The van der Waals surface area contributed by atoms with E-state index in [4.69, 9.17) is 9.97 Å². The summed E-state index contributed by atoms with van der Waals surface area (Å²) in [6.07, 6.45) is 4.49. The van der Waals surface area contributed by atoms with Gasteiger partial charge in [0.15, 0.2) is 0 Å². The summed E-state index contributed by atoms with van der Waals surface area (Å²) >= 11 is 0. The van der Waals surface area contributed by atoms with Crippen LogP contribution in [0.1, 0.15) is 37.1 Å². The fraction of sp³-hybridized carbons (Fsp3) is 0.600. The van der Waals surface area contributed by atoms with E-state index >= 15 is 0 Å². The van der Waals surface area contributed by atoms with E-state index in [1.807, 2.05) is 31.2 Å². The molecule has 2 aliphatic heterocycles. The first kappa shape index (κ1) is 16.9. The van der Waals surface area contributed by atoms with E-state index < -0.39 is 5.60 Å². The molecule has 5 heteroatoms. The lowest BCUT2D eigenvalue weighted by molar-refractivity contribution is -0.0522. The minimum atomic E-state index is -0.583. The molecule has 0 spiro atoms. The maximum absolute atomic E-state index is 11.1. The molecule has 0 radical (unpaired) electrons. The average Bonchev–Trinajstić information content (AvgIpc) is 3.08. The molecule has 0 aliphatic carbocycles. The van der Waals surface area contributed by atoms with Gasteiger partial charge in [0.2, 0.25) is 0 Å². The minimum absolute atomic E-state index is 0.583. The van der Waals surface area contributed by atoms with Crippen LogP contribution >= 0.6 is 0 Å². The van der Waals surface area contributed by atoms with E-state index in [2.05, 4.69) is 9.80 Å². The normalized spacial score (nSPS) is 25.7. The van der Waals surface area contributed by atoms with E-state index in [9.17, 15) is 5.11 Å². The number of aromatic nitrogens is 2. The zero-order valence-corrected chi connectivity index (χ0v) is 15.1. The Kier molecular flexibility index (Phi) is 4.71. The number of para-hydroxylation sites is 2. The maximum atomic E-state index is 11.1. The van der Waals surface area contributed by atoms with E-state index in [0.29, 0.717) is 0 Å². The van der Waals surface area contributed by atoms with Gasteiger partial charge in [0.1, 0.15) is 0 Å².